The molecule has 21 heavy (non-hydrogen) atoms. The van der Waals surface area contributed by atoms with E-state index < -0.39 is 29.5 Å². The number of nitro benzene ring substituents is 1. The largest absolute Gasteiger partial charge is 0.466 e. The second-order valence-corrected chi connectivity index (χ2v) is 4.16. The fourth-order valence-electron chi connectivity index (χ4n) is 1.72. The molecule has 0 fully saturated rings. The van der Waals surface area contributed by atoms with Crippen LogP contribution in [0.5, 0.6) is 0 Å². The predicted molar refractivity (Wildman–Crippen MR) is 70.0 cm³/mol. The fourth-order valence-corrected chi connectivity index (χ4v) is 1.72. The number of aliphatic hydroxyl groups excluding tert-OH is 2. The smallest absolute Gasteiger partial charge is 0.308 e. The van der Waals surface area contributed by atoms with Gasteiger partial charge < -0.3 is 14.9 Å². The number of nitrogens with zero attached hydrogens (tertiary/aromatic N) is 2. The third-order valence-electron chi connectivity index (χ3n) is 2.73. The van der Waals surface area contributed by atoms with E-state index >= 15 is 0 Å². The average molecular weight is 294 g/mol. The first kappa shape index (κ1) is 16.6. The van der Waals surface area contributed by atoms with Crippen LogP contribution in [0.2, 0.25) is 0 Å². The number of benzene rings is 1. The molecule has 0 bridgehead atoms. The third kappa shape index (κ3) is 4.24. The van der Waals surface area contributed by atoms with E-state index in [1.165, 1.54) is 6.07 Å². The Bertz CT molecular complexity index is 581. The molecule has 8 heteroatoms. The maximum absolute atomic E-state index is 11.2. The zero-order chi connectivity index (χ0) is 16.0. The molecule has 1 aromatic carbocycles. The summed E-state index contributed by atoms with van der Waals surface area (Å²) in [5.74, 6) is -0.690. The molecule has 1 rings (SSSR count). The van der Waals surface area contributed by atoms with Gasteiger partial charge in [-0.15, -0.1) is 0 Å². The Balaban J connectivity index is 2.96. The molecule has 0 aromatic heterocycles. The summed E-state index contributed by atoms with van der Waals surface area (Å²) in [7, 11) is 0. The van der Waals surface area contributed by atoms with Crippen LogP contribution >= 0.6 is 0 Å². The Morgan fingerprint density at radius 2 is 2.19 bits per heavy atom. The number of carbonyl (C=O) groups is 1. The van der Waals surface area contributed by atoms with Crippen molar-refractivity contribution < 1.29 is 24.7 Å². The lowest BCUT2D eigenvalue weighted by molar-refractivity contribution is -0.384. The monoisotopic (exact) mass is 294 g/mol. The summed E-state index contributed by atoms with van der Waals surface area (Å²) in [4.78, 5) is 21.2. The van der Waals surface area contributed by atoms with Crippen molar-refractivity contribution in [2.24, 2.45) is 0 Å². The molecule has 8 nitrogen and oxygen atoms in total. The predicted octanol–water partition coefficient (Wildman–Crippen LogP) is 0.814. The van der Waals surface area contributed by atoms with Crippen molar-refractivity contribution in [1.82, 2.24) is 0 Å². The fraction of sp³-hybridized carbons (Fsp3) is 0.385. The van der Waals surface area contributed by atoms with Crippen LogP contribution in [0.1, 0.15) is 30.6 Å². The number of nitriles is 1. The zero-order valence-corrected chi connectivity index (χ0v) is 11.2. The highest BCUT2D eigenvalue weighted by atomic mass is 16.6. The Kier molecular flexibility index (Phi) is 5.78. The summed E-state index contributed by atoms with van der Waals surface area (Å²) < 4.78 is 4.64. The first-order valence-electron chi connectivity index (χ1n) is 6.10. The Morgan fingerprint density at radius 1 is 1.52 bits per heavy atom. The van der Waals surface area contributed by atoms with Gasteiger partial charge in [-0.25, -0.2) is 0 Å². The number of non-ortho nitro benzene ring substituents is 1. The number of aliphatic hydroxyl groups is 2. The number of hydrogen-bond acceptors (Lipinski definition) is 7. The molecule has 2 unspecified atom stereocenters. The first-order chi connectivity index (χ1) is 9.90. The minimum absolute atomic E-state index is 0.0138. The molecule has 0 heterocycles. The van der Waals surface area contributed by atoms with Crippen molar-refractivity contribution in [3.63, 3.8) is 0 Å². The number of esters is 1. The van der Waals surface area contributed by atoms with Crippen molar-refractivity contribution in [2.75, 3.05) is 6.61 Å². The summed E-state index contributed by atoms with van der Waals surface area (Å²) >= 11 is 0. The summed E-state index contributed by atoms with van der Waals surface area (Å²) in [6.45, 7) is 1.74. The van der Waals surface area contributed by atoms with Crippen molar-refractivity contribution in [3.05, 3.63) is 39.4 Å². The van der Waals surface area contributed by atoms with E-state index in [1.807, 2.05) is 0 Å². The highest BCUT2D eigenvalue weighted by Crippen LogP contribution is 2.26. The van der Waals surface area contributed by atoms with Gasteiger partial charge in [0.05, 0.1) is 35.7 Å². The van der Waals surface area contributed by atoms with Crippen LogP contribution < -0.4 is 0 Å². The second kappa shape index (κ2) is 7.33. The topological polar surface area (TPSA) is 134 Å². The minimum Gasteiger partial charge on any atom is -0.466 e. The van der Waals surface area contributed by atoms with Gasteiger partial charge in [0.1, 0.15) is 6.10 Å². The van der Waals surface area contributed by atoms with E-state index in [4.69, 9.17) is 5.26 Å². The van der Waals surface area contributed by atoms with Crippen LogP contribution in [0.15, 0.2) is 18.2 Å². The van der Waals surface area contributed by atoms with Gasteiger partial charge in [0, 0.05) is 17.7 Å². The summed E-state index contributed by atoms with van der Waals surface area (Å²) in [6.07, 6.45) is -3.45. The van der Waals surface area contributed by atoms with Gasteiger partial charge in [0.2, 0.25) is 0 Å². The molecule has 2 atom stereocenters. The van der Waals surface area contributed by atoms with E-state index in [-0.39, 0.29) is 23.4 Å². The van der Waals surface area contributed by atoms with Crippen molar-refractivity contribution in [2.45, 2.75) is 25.6 Å². The van der Waals surface area contributed by atoms with Gasteiger partial charge in [-0.05, 0) is 13.0 Å². The number of hydrogen-bond donors (Lipinski definition) is 2. The van der Waals surface area contributed by atoms with Crippen molar-refractivity contribution in [3.8, 4) is 6.07 Å². The van der Waals surface area contributed by atoms with Crippen LogP contribution in [0.25, 0.3) is 0 Å². The maximum atomic E-state index is 11.2. The molecule has 0 saturated carbocycles. The zero-order valence-electron chi connectivity index (χ0n) is 11.2. The average Bonchev–Trinajstić information content (AvgIpc) is 2.45. The van der Waals surface area contributed by atoms with Gasteiger partial charge in [-0.2, -0.15) is 5.26 Å². The van der Waals surface area contributed by atoms with Gasteiger partial charge in [-0.1, -0.05) is 0 Å². The molecule has 112 valence electrons. The number of carbonyl (C=O) groups excluding carboxylic acids is 1. The molecule has 0 aliphatic heterocycles. The molecule has 0 spiro atoms. The van der Waals surface area contributed by atoms with E-state index in [0.717, 1.165) is 12.1 Å². The van der Waals surface area contributed by atoms with Crippen LogP contribution in [0.3, 0.4) is 0 Å². The summed E-state index contributed by atoms with van der Waals surface area (Å²) in [6, 6.07) is 4.99. The number of rotatable bonds is 6. The van der Waals surface area contributed by atoms with Crippen molar-refractivity contribution in [1.29, 1.82) is 5.26 Å². The quantitative estimate of drug-likeness (QED) is 0.450. The van der Waals surface area contributed by atoms with Crippen molar-refractivity contribution >= 4 is 11.7 Å². The standard InChI is InChI=1S/C13H14N2O6/c1-2-21-12(17)6-11(16)13(18)10-4-3-9(15(19)20)5-8(10)7-14/h3-5,11,13,16,18H,2,6H2,1H3. The number of ether oxygens (including phenoxy) is 1. The molecule has 0 aliphatic carbocycles. The third-order valence-corrected chi connectivity index (χ3v) is 2.73. The van der Waals surface area contributed by atoms with E-state index in [9.17, 15) is 25.1 Å². The Hall–Kier alpha value is -2.50. The Labute approximate surface area is 120 Å². The van der Waals surface area contributed by atoms with Crippen LogP contribution in [-0.4, -0.2) is 33.8 Å². The van der Waals surface area contributed by atoms with Gasteiger partial charge in [0.25, 0.3) is 5.69 Å². The van der Waals surface area contributed by atoms with Crippen LogP contribution in [0, 0.1) is 21.4 Å². The normalized spacial score (nSPS) is 13.0. The Morgan fingerprint density at radius 3 is 2.71 bits per heavy atom. The van der Waals surface area contributed by atoms with Crippen LogP contribution in [-0.2, 0) is 9.53 Å². The molecule has 2 N–H and O–H groups in total. The lowest BCUT2D eigenvalue weighted by atomic mass is 9.97. The molecule has 0 amide bonds. The second-order valence-electron chi connectivity index (χ2n) is 4.16. The van der Waals surface area contributed by atoms with Gasteiger partial charge >= 0.3 is 5.97 Å². The molecule has 0 saturated heterocycles. The van der Waals surface area contributed by atoms with E-state index in [1.54, 1.807) is 13.0 Å². The van der Waals surface area contributed by atoms with Crippen LogP contribution in [0.4, 0.5) is 5.69 Å². The highest BCUT2D eigenvalue weighted by molar-refractivity contribution is 5.70. The SMILES string of the molecule is CCOC(=O)CC(O)C(O)c1ccc([N+](=O)[O-])cc1C#N. The number of nitro groups is 1. The lowest BCUT2D eigenvalue weighted by Gasteiger charge is -2.18. The molecule has 0 aliphatic rings. The molecular formula is C13H14N2O6. The lowest BCUT2D eigenvalue weighted by Crippen LogP contribution is -2.23. The van der Waals surface area contributed by atoms with E-state index in [2.05, 4.69) is 4.74 Å². The van der Waals surface area contributed by atoms with Gasteiger partial charge in [-0.3, -0.25) is 14.9 Å². The molecule has 1 aromatic rings. The van der Waals surface area contributed by atoms with Gasteiger partial charge in [0.15, 0.2) is 0 Å². The molecule has 0 radical (unpaired) electrons. The minimum atomic E-state index is -1.52. The molecular weight excluding hydrogens is 280 g/mol. The maximum Gasteiger partial charge on any atom is 0.308 e. The first-order valence-corrected chi connectivity index (χ1v) is 6.10. The summed E-state index contributed by atoms with van der Waals surface area (Å²) in [5, 5.41) is 39.3. The van der Waals surface area contributed by atoms with E-state index in [0.29, 0.717) is 0 Å². The highest BCUT2D eigenvalue weighted by Gasteiger charge is 2.25. The summed E-state index contributed by atoms with van der Waals surface area (Å²) in [5.41, 5.74) is -0.429.